The van der Waals surface area contributed by atoms with Crippen molar-refractivity contribution in [1.82, 2.24) is 4.90 Å². The first-order valence-corrected chi connectivity index (χ1v) is 5.26. The van der Waals surface area contributed by atoms with Crippen molar-refractivity contribution in [1.29, 1.82) is 0 Å². The predicted octanol–water partition coefficient (Wildman–Crippen LogP) is 2.78. The molecule has 0 fully saturated rings. The van der Waals surface area contributed by atoms with Gasteiger partial charge in [-0.3, -0.25) is 4.90 Å². The van der Waals surface area contributed by atoms with Crippen LogP contribution in [0.15, 0.2) is 23.2 Å². The third-order valence-electron chi connectivity index (χ3n) is 2.08. The Bertz CT molecular complexity index is 474. The molecule has 84 valence electrons. The second kappa shape index (κ2) is 4.31. The van der Waals surface area contributed by atoms with Crippen LogP contribution in [0.1, 0.15) is 5.56 Å². The van der Waals surface area contributed by atoms with Gasteiger partial charge in [-0.05, 0) is 18.2 Å². The van der Waals surface area contributed by atoms with Crippen LogP contribution in [-0.4, -0.2) is 30.6 Å². The van der Waals surface area contributed by atoms with E-state index in [1.54, 1.807) is 25.2 Å². The number of carbonyl (C=O) groups excluding carboxylic acids is 1. The smallest absolute Gasteiger partial charge is 0.391 e. The SMILES string of the molecule is CN1CN=C(c2ccc(Cl)cc2Cl)OC1=O. The van der Waals surface area contributed by atoms with E-state index in [1.807, 2.05) is 0 Å². The van der Waals surface area contributed by atoms with Crippen LogP contribution in [0.2, 0.25) is 10.0 Å². The van der Waals surface area contributed by atoms with Crippen molar-refractivity contribution in [2.75, 3.05) is 13.7 Å². The number of rotatable bonds is 1. The Labute approximate surface area is 102 Å². The van der Waals surface area contributed by atoms with Crippen molar-refractivity contribution >= 4 is 35.2 Å². The molecule has 0 radical (unpaired) electrons. The minimum absolute atomic E-state index is 0.227. The lowest BCUT2D eigenvalue weighted by Crippen LogP contribution is -2.35. The molecule has 0 saturated heterocycles. The van der Waals surface area contributed by atoms with Gasteiger partial charge in [0.1, 0.15) is 6.67 Å². The van der Waals surface area contributed by atoms with Gasteiger partial charge in [0.05, 0.1) is 10.6 Å². The molecule has 1 aliphatic heterocycles. The third kappa shape index (κ3) is 2.13. The fraction of sp³-hybridized carbons (Fsp3) is 0.200. The van der Waals surface area contributed by atoms with Gasteiger partial charge in [0.15, 0.2) is 0 Å². The molecular formula is C10H8Cl2N2O2. The van der Waals surface area contributed by atoms with Crippen LogP contribution in [0.5, 0.6) is 0 Å². The molecule has 0 aromatic heterocycles. The summed E-state index contributed by atoms with van der Waals surface area (Å²) in [6.07, 6.45) is -0.448. The average molecular weight is 259 g/mol. The number of halogens is 2. The number of amides is 1. The number of hydrogen-bond donors (Lipinski definition) is 0. The molecule has 4 nitrogen and oxygen atoms in total. The maximum atomic E-state index is 11.3. The van der Waals surface area contributed by atoms with Gasteiger partial charge in [0.2, 0.25) is 5.90 Å². The van der Waals surface area contributed by atoms with E-state index in [0.29, 0.717) is 15.6 Å². The molecule has 6 heteroatoms. The Balaban J connectivity index is 2.35. The van der Waals surface area contributed by atoms with E-state index in [9.17, 15) is 4.79 Å². The monoisotopic (exact) mass is 258 g/mol. The van der Waals surface area contributed by atoms with Gasteiger partial charge in [-0.1, -0.05) is 23.2 Å². The predicted molar refractivity (Wildman–Crippen MR) is 62.1 cm³/mol. The summed E-state index contributed by atoms with van der Waals surface area (Å²) in [6.45, 7) is 0.257. The minimum Gasteiger partial charge on any atom is -0.391 e. The molecule has 0 aliphatic carbocycles. The Hall–Kier alpha value is -1.26. The molecule has 0 atom stereocenters. The summed E-state index contributed by atoms with van der Waals surface area (Å²) in [5, 5.41) is 0.928. The Kier molecular flexibility index (Phi) is 3.03. The first-order valence-electron chi connectivity index (χ1n) is 4.51. The Morgan fingerprint density at radius 2 is 2.19 bits per heavy atom. The van der Waals surface area contributed by atoms with E-state index in [2.05, 4.69) is 4.99 Å². The second-order valence-electron chi connectivity index (χ2n) is 3.29. The topological polar surface area (TPSA) is 41.9 Å². The molecular weight excluding hydrogens is 251 g/mol. The van der Waals surface area contributed by atoms with E-state index >= 15 is 0 Å². The quantitative estimate of drug-likeness (QED) is 0.778. The van der Waals surface area contributed by atoms with Crippen LogP contribution >= 0.6 is 23.2 Å². The van der Waals surface area contributed by atoms with E-state index in [-0.39, 0.29) is 12.6 Å². The maximum Gasteiger partial charge on any atom is 0.417 e. The number of benzene rings is 1. The molecule has 0 spiro atoms. The van der Waals surface area contributed by atoms with E-state index < -0.39 is 6.09 Å². The zero-order valence-electron chi connectivity index (χ0n) is 8.41. The fourth-order valence-electron chi connectivity index (χ4n) is 1.22. The first kappa shape index (κ1) is 11.2. The van der Waals surface area contributed by atoms with Crippen molar-refractivity contribution in [2.45, 2.75) is 0 Å². The van der Waals surface area contributed by atoms with Crippen molar-refractivity contribution in [3.05, 3.63) is 33.8 Å². The number of hydrogen-bond acceptors (Lipinski definition) is 3. The van der Waals surface area contributed by atoms with Crippen molar-refractivity contribution < 1.29 is 9.53 Å². The van der Waals surface area contributed by atoms with E-state index in [0.717, 1.165) is 0 Å². The molecule has 1 aromatic rings. The van der Waals surface area contributed by atoms with Gasteiger partial charge in [0.25, 0.3) is 0 Å². The Morgan fingerprint density at radius 1 is 1.44 bits per heavy atom. The summed E-state index contributed by atoms with van der Waals surface area (Å²) in [5.74, 6) is 0.227. The standard InChI is InChI=1S/C10H8Cl2N2O2/c1-14-5-13-9(16-10(14)15)7-3-2-6(11)4-8(7)12/h2-4H,5H2,1H3. The molecule has 16 heavy (non-hydrogen) atoms. The molecule has 0 N–H and O–H groups in total. The van der Waals surface area contributed by atoms with Crippen LogP contribution in [0.4, 0.5) is 4.79 Å². The van der Waals surface area contributed by atoms with E-state index in [4.69, 9.17) is 27.9 Å². The molecule has 1 aliphatic rings. The third-order valence-corrected chi connectivity index (χ3v) is 2.63. The summed E-state index contributed by atoms with van der Waals surface area (Å²) in [4.78, 5) is 16.8. The van der Waals surface area contributed by atoms with Crippen LogP contribution in [-0.2, 0) is 4.74 Å². The largest absolute Gasteiger partial charge is 0.417 e. The van der Waals surface area contributed by atoms with Gasteiger partial charge in [-0.15, -0.1) is 0 Å². The summed E-state index contributed by atoms with van der Waals surface area (Å²) >= 11 is 11.7. The highest BCUT2D eigenvalue weighted by molar-refractivity contribution is 6.36. The lowest BCUT2D eigenvalue weighted by molar-refractivity contribution is 0.153. The minimum atomic E-state index is -0.448. The number of cyclic esters (lactones) is 1. The lowest BCUT2D eigenvalue weighted by atomic mass is 10.2. The van der Waals surface area contributed by atoms with Crippen LogP contribution < -0.4 is 0 Å². The molecule has 1 heterocycles. The summed E-state index contributed by atoms with van der Waals surface area (Å²) < 4.78 is 5.01. The molecule has 0 saturated carbocycles. The summed E-state index contributed by atoms with van der Waals surface area (Å²) in [7, 11) is 1.60. The molecule has 0 bridgehead atoms. The molecule has 1 amide bonds. The maximum absolute atomic E-state index is 11.3. The summed E-state index contributed by atoms with van der Waals surface area (Å²) in [6, 6.07) is 4.91. The molecule has 2 rings (SSSR count). The second-order valence-corrected chi connectivity index (χ2v) is 4.14. The number of carbonyl (C=O) groups is 1. The van der Waals surface area contributed by atoms with Crippen molar-refractivity contribution in [3.8, 4) is 0 Å². The first-order chi connectivity index (χ1) is 7.58. The Morgan fingerprint density at radius 3 is 2.81 bits per heavy atom. The van der Waals surface area contributed by atoms with Gasteiger partial charge in [-0.2, -0.15) is 0 Å². The van der Waals surface area contributed by atoms with Crippen molar-refractivity contribution in [2.24, 2.45) is 4.99 Å². The van der Waals surface area contributed by atoms with Gasteiger partial charge in [0, 0.05) is 12.1 Å². The normalized spacial score (nSPS) is 15.8. The summed E-state index contributed by atoms with van der Waals surface area (Å²) in [5.41, 5.74) is 0.563. The highest BCUT2D eigenvalue weighted by Crippen LogP contribution is 2.23. The zero-order chi connectivity index (χ0) is 11.7. The highest BCUT2D eigenvalue weighted by Gasteiger charge is 2.21. The van der Waals surface area contributed by atoms with Gasteiger partial charge < -0.3 is 4.74 Å². The average Bonchev–Trinajstić information content (AvgIpc) is 2.22. The lowest BCUT2D eigenvalue weighted by Gasteiger charge is -2.21. The zero-order valence-corrected chi connectivity index (χ0v) is 9.92. The number of aliphatic imine (C=N–C) groups is 1. The van der Waals surface area contributed by atoms with Gasteiger partial charge in [-0.25, -0.2) is 9.79 Å². The van der Waals surface area contributed by atoms with Crippen LogP contribution in [0, 0.1) is 0 Å². The van der Waals surface area contributed by atoms with E-state index in [1.165, 1.54) is 4.90 Å². The van der Waals surface area contributed by atoms with Crippen molar-refractivity contribution in [3.63, 3.8) is 0 Å². The fourth-order valence-corrected chi connectivity index (χ4v) is 1.71. The number of ether oxygens (including phenoxy) is 1. The molecule has 1 aromatic carbocycles. The number of nitrogens with zero attached hydrogens (tertiary/aromatic N) is 2. The van der Waals surface area contributed by atoms with Crippen LogP contribution in [0.25, 0.3) is 0 Å². The van der Waals surface area contributed by atoms with Crippen LogP contribution in [0.3, 0.4) is 0 Å². The molecule has 0 unspecified atom stereocenters. The highest BCUT2D eigenvalue weighted by atomic mass is 35.5. The van der Waals surface area contributed by atoms with Gasteiger partial charge >= 0.3 is 6.09 Å².